The van der Waals surface area contributed by atoms with Crippen LogP contribution in [0.4, 0.5) is 0 Å². The molecule has 3 aliphatic rings. The molecule has 4 rings (SSSR count). The van der Waals surface area contributed by atoms with Crippen molar-refractivity contribution in [2.75, 3.05) is 13.7 Å². The number of nitrogens with zero attached hydrogens (tertiary/aromatic N) is 1. The van der Waals surface area contributed by atoms with Crippen molar-refractivity contribution in [1.29, 1.82) is 0 Å². The zero-order chi connectivity index (χ0) is 24.2. The maximum absolute atomic E-state index is 13.7. The van der Waals surface area contributed by atoms with E-state index in [0.29, 0.717) is 11.7 Å². The lowest BCUT2D eigenvalue weighted by Gasteiger charge is -2.38. The smallest absolute Gasteiger partial charge is 0.332 e. The van der Waals surface area contributed by atoms with Crippen LogP contribution in [0.15, 0.2) is 29.3 Å². The minimum absolute atomic E-state index is 0.0661. The standard InChI is InChI=1S/C27H37NO5/c1-25(2,3)33-24(30)22(28-20-14-16-12-13-27(20,6)26(16,4)5)21-17-10-8-9-11-19(17)32-15-18(21)23(29)31-7/h8-11,16,18,21-22H,12-15H2,1-7H3/b28-20-/t16?,18-,21?,22+,27?/m1/s1. The summed E-state index contributed by atoms with van der Waals surface area (Å²) in [5, 5.41) is 0. The van der Waals surface area contributed by atoms with Crippen LogP contribution in [0.25, 0.3) is 0 Å². The number of carbonyl (C=O) groups is 2. The Kier molecular flexibility index (Phi) is 5.86. The van der Waals surface area contributed by atoms with Crippen LogP contribution < -0.4 is 4.74 Å². The molecule has 0 saturated heterocycles. The first-order chi connectivity index (χ1) is 15.4. The first-order valence-corrected chi connectivity index (χ1v) is 12.0. The van der Waals surface area contributed by atoms with Crippen molar-refractivity contribution in [3.05, 3.63) is 29.8 Å². The average Bonchev–Trinajstić information content (AvgIpc) is 3.08. The Balaban J connectivity index is 1.84. The Bertz CT molecular complexity index is 975. The number of carbonyl (C=O) groups excluding carboxylic acids is 2. The summed E-state index contributed by atoms with van der Waals surface area (Å²) in [6.45, 7) is 12.6. The Morgan fingerprint density at radius 2 is 1.88 bits per heavy atom. The molecule has 2 bridgehead atoms. The van der Waals surface area contributed by atoms with Crippen molar-refractivity contribution in [3.63, 3.8) is 0 Å². The van der Waals surface area contributed by atoms with Gasteiger partial charge in [-0.25, -0.2) is 4.79 Å². The van der Waals surface area contributed by atoms with Crippen molar-refractivity contribution in [3.8, 4) is 5.75 Å². The summed E-state index contributed by atoms with van der Waals surface area (Å²) in [7, 11) is 1.37. The van der Waals surface area contributed by atoms with Gasteiger partial charge in [0.2, 0.25) is 0 Å². The van der Waals surface area contributed by atoms with Gasteiger partial charge in [0.1, 0.15) is 23.9 Å². The zero-order valence-corrected chi connectivity index (χ0v) is 20.9. The van der Waals surface area contributed by atoms with Crippen LogP contribution in [0, 0.1) is 22.7 Å². The van der Waals surface area contributed by atoms with E-state index in [4.69, 9.17) is 19.2 Å². The maximum Gasteiger partial charge on any atom is 0.332 e. The van der Waals surface area contributed by atoms with E-state index >= 15 is 0 Å². The quantitative estimate of drug-likeness (QED) is 0.601. The summed E-state index contributed by atoms with van der Waals surface area (Å²) >= 11 is 0. The average molecular weight is 456 g/mol. The predicted octanol–water partition coefficient (Wildman–Crippen LogP) is 4.95. The van der Waals surface area contributed by atoms with Gasteiger partial charge in [0.05, 0.1) is 7.11 Å². The molecular formula is C27H37NO5. The molecule has 6 nitrogen and oxygen atoms in total. The highest BCUT2D eigenvalue weighted by molar-refractivity contribution is 5.96. The van der Waals surface area contributed by atoms with Gasteiger partial charge in [-0.3, -0.25) is 9.79 Å². The van der Waals surface area contributed by atoms with E-state index in [1.807, 2.05) is 45.0 Å². The van der Waals surface area contributed by atoms with Crippen LogP contribution in [-0.2, 0) is 19.1 Å². The largest absolute Gasteiger partial charge is 0.492 e. The van der Waals surface area contributed by atoms with E-state index in [0.717, 1.165) is 24.1 Å². The lowest BCUT2D eigenvalue weighted by molar-refractivity contribution is -0.158. The van der Waals surface area contributed by atoms with Crippen molar-refractivity contribution in [2.24, 2.45) is 27.7 Å². The molecular weight excluding hydrogens is 418 g/mol. The molecule has 2 saturated carbocycles. The number of rotatable bonds is 4. The molecule has 1 aromatic rings. The number of hydrogen-bond acceptors (Lipinski definition) is 6. The number of hydrogen-bond donors (Lipinski definition) is 0. The molecule has 180 valence electrons. The SMILES string of the molecule is COC(=O)[C@@H]1COc2ccccc2C1[C@H](/N=C1/CC2CCC1(C)C2(C)C)C(=O)OC(C)(C)C. The van der Waals surface area contributed by atoms with Crippen molar-refractivity contribution >= 4 is 17.7 Å². The highest BCUT2D eigenvalue weighted by Gasteiger charge is 2.60. The van der Waals surface area contributed by atoms with Crippen LogP contribution in [0.5, 0.6) is 5.75 Å². The fraction of sp³-hybridized carbons (Fsp3) is 0.667. The van der Waals surface area contributed by atoms with E-state index in [-0.39, 0.29) is 17.4 Å². The number of methoxy groups -OCH3 is 1. The highest BCUT2D eigenvalue weighted by atomic mass is 16.6. The van der Waals surface area contributed by atoms with Crippen molar-refractivity contribution in [2.45, 2.75) is 78.4 Å². The number of benzene rings is 1. The first-order valence-electron chi connectivity index (χ1n) is 12.0. The van der Waals surface area contributed by atoms with E-state index < -0.39 is 35.4 Å². The topological polar surface area (TPSA) is 74.2 Å². The first kappa shape index (κ1) is 23.8. The summed E-state index contributed by atoms with van der Waals surface area (Å²) in [6.07, 6.45) is 3.14. The molecule has 1 aliphatic heterocycles. The third-order valence-corrected chi connectivity index (χ3v) is 8.43. The van der Waals surface area contributed by atoms with E-state index in [9.17, 15) is 9.59 Å². The van der Waals surface area contributed by atoms with Crippen LogP contribution in [-0.4, -0.2) is 43.0 Å². The Hall–Kier alpha value is -2.37. The molecule has 3 unspecified atom stereocenters. The molecule has 33 heavy (non-hydrogen) atoms. The van der Waals surface area contributed by atoms with Crippen LogP contribution in [0.3, 0.4) is 0 Å². The summed E-state index contributed by atoms with van der Waals surface area (Å²) in [5.74, 6) is -0.742. The lowest BCUT2D eigenvalue weighted by atomic mass is 9.70. The number of aliphatic imine (C=N–C) groups is 1. The van der Waals surface area contributed by atoms with Gasteiger partial charge in [0.25, 0.3) is 0 Å². The molecule has 1 aromatic carbocycles. The van der Waals surface area contributed by atoms with Crippen molar-refractivity contribution < 1.29 is 23.8 Å². The molecule has 0 spiro atoms. The molecule has 2 aliphatic carbocycles. The monoisotopic (exact) mass is 455 g/mol. The maximum atomic E-state index is 13.7. The second kappa shape index (κ2) is 8.14. The fourth-order valence-corrected chi connectivity index (χ4v) is 6.08. The number of para-hydroxylation sites is 1. The third-order valence-electron chi connectivity index (χ3n) is 8.43. The van der Waals surface area contributed by atoms with Gasteiger partial charge in [-0.1, -0.05) is 39.0 Å². The number of ether oxygens (including phenoxy) is 3. The second-order valence-corrected chi connectivity index (χ2v) is 11.6. The van der Waals surface area contributed by atoms with Gasteiger partial charge in [-0.2, -0.15) is 0 Å². The van der Waals surface area contributed by atoms with Crippen molar-refractivity contribution in [1.82, 2.24) is 0 Å². The Morgan fingerprint density at radius 3 is 2.45 bits per heavy atom. The molecule has 0 radical (unpaired) electrons. The Labute approximate surface area is 197 Å². The molecule has 0 amide bonds. The summed E-state index contributed by atoms with van der Waals surface area (Å²) < 4.78 is 16.9. The van der Waals surface area contributed by atoms with E-state index in [1.54, 1.807) is 0 Å². The van der Waals surface area contributed by atoms with E-state index in [1.165, 1.54) is 13.5 Å². The lowest BCUT2D eigenvalue weighted by Crippen LogP contribution is -2.44. The van der Waals surface area contributed by atoms with Gasteiger partial charge in [0.15, 0.2) is 6.04 Å². The summed E-state index contributed by atoms with van der Waals surface area (Å²) in [6, 6.07) is 6.73. The van der Waals surface area contributed by atoms with Crippen LogP contribution in [0.2, 0.25) is 0 Å². The summed E-state index contributed by atoms with van der Waals surface area (Å²) in [5.41, 5.74) is 1.26. The molecule has 0 N–H and O–H groups in total. The second-order valence-electron chi connectivity index (χ2n) is 11.6. The molecule has 0 aromatic heterocycles. The van der Waals surface area contributed by atoms with Gasteiger partial charge in [-0.15, -0.1) is 0 Å². The predicted molar refractivity (Wildman–Crippen MR) is 126 cm³/mol. The summed E-state index contributed by atoms with van der Waals surface area (Å²) in [4.78, 5) is 31.7. The van der Waals surface area contributed by atoms with Gasteiger partial charge >= 0.3 is 11.9 Å². The molecule has 2 fully saturated rings. The third kappa shape index (κ3) is 3.95. The molecule has 1 heterocycles. The number of esters is 2. The molecule has 5 atom stereocenters. The number of fused-ring (bicyclic) bond motifs is 3. The van der Waals surface area contributed by atoms with E-state index in [2.05, 4.69) is 20.8 Å². The Morgan fingerprint density at radius 1 is 1.18 bits per heavy atom. The van der Waals surface area contributed by atoms with Gasteiger partial charge in [-0.05, 0) is 57.4 Å². The minimum Gasteiger partial charge on any atom is -0.492 e. The highest BCUT2D eigenvalue weighted by Crippen LogP contribution is 2.64. The fourth-order valence-electron chi connectivity index (χ4n) is 6.08. The van der Waals surface area contributed by atoms with Crippen LogP contribution >= 0.6 is 0 Å². The minimum atomic E-state index is -0.847. The molecule has 6 heteroatoms. The zero-order valence-electron chi connectivity index (χ0n) is 20.9. The van der Waals surface area contributed by atoms with Crippen LogP contribution in [0.1, 0.15) is 72.3 Å². The van der Waals surface area contributed by atoms with Gasteiger partial charge in [0, 0.05) is 22.6 Å². The normalized spacial score (nSPS) is 32.1. The van der Waals surface area contributed by atoms with Gasteiger partial charge < -0.3 is 14.2 Å².